The minimum absolute atomic E-state index is 0.688. The maximum absolute atomic E-state index is 5.92. The molecule has 2 N–H and O–H groups in total. The Labute approximate surface area is 159 Å². The van der Waals surface area contributed by atoms with Gasteiger partial charge in [0.05, 0.1) is 11.4 Å². The number of aromatic nitrogens is 6. The molecule has 0 fully saturated rings. The molecule has 7 heteroatoms. The van der Waals surface area contributed by atoms with Gasteiger partial charge in [-0.25, -0.2) is 19.9 Å². The number of rotatable bonds is 0. The van der Waals surface area contributed by atoms with E-state index in [1.165, 1.54) is 16.8 Å². The van der Waals surface area contributed by atoms with Crippen molar-refractivity contribution in [1.29, 1.82) is 0 Å². The molecule has 0 spiro atoms. The molecule has 4 aromatic heterocycles. The first-order valence-corrected chi connectivity index (χ1v) is 8.99. The molecule has 0 unspecified atom stereocenters. The second-order valence-electron chi connectivity index (χ2n) is 7.09. The van der Waals surface area contributed by atoms with E-state index in [1.54, 1.807) is 0 Å². The molecule has 4 rings (SSSR count). The normalized spacial score (nSPS) is 11.1. The summed E-state index contributed by atoms with van der Waals surface area (Å²) in [6, 6.07) is 0. The molecule has 0 amide bonds. The zero-order valence-corrected chi connectivity index (χ0v) is 17.3. The Kier molecular flexibility index (Phi) is 4.63. The molecule has 0 aliphatic rings. The molecule has 0 aliphatic carbocycles. The SMILES string of the molecule is Cc1cn2c(C)c(C)c(C)nc2n1.Cc1nc2nc(C)c(N)n2c(C)c1C. The van der Waals surface area contributed by atoms with Crippen LogP contribution in [0, 0.1) is 55.4 Å². The minimum Gasteiger partial charge on any atom is -0.383 e. The number of fused-ring (bicyclic) bond motifs is 2. The molecule has 0 radical (unpaired) electrons. The Morgan fingerprint density at radius 1 is 0.667 bits per heavy atom. The average Bonchev–Trinajstić information content (AvgIpc) is 3.11. The van der Waals surface area contributed by atoms with Gasteiger partial charge in [0.1, 0.15) is 5.82 Å². The van der Waals surface area contributed by atoms with Crippen LogP contribution in [-0.4, -0.2) is 28.7 Å². The summed E-state index contributed by atoms with van der Waals surface area (Å²) in [5.41, 5.74) is 14.6. The Bertz CT molecular complexity index is 1160. The largest absolute Gasteiger partial charge is 0.383 e. The first-order chi connectivity index (χ1) is 12.6. The molecule has 7 nitrogen and oxygen atoms in total. The van der Waals surface area contributed by atoms with Crippen molar-refractivity contribution < 1.29 is 0 Å². The molecule has 27 heavy (non-hydrogen) atoms. The van der Waals surface area contributed by atoms with Gasteiger partial charge in [0.2, 0.25) is 11.6 Å². The van der Waals surface area contributed by atoms with E-state index >= 15 is 0 Å². The van der Waals surface area contributed by atoms with Crippen LogP contribution in [0.1, 0.15) is 45.3 Å². The lowest BCUT2D eigenvalue weighted by molar-refractivity contribution is 0.979. The molecule has 4 heterocycles. The van der Waals surface area contributed by atoms with Crippen molar-refractivity contribution in [2.45, 2.75) is 55.4 Å². The van der Waals surface area contributed by atoms with E-state index in [9.17, 15) is 0 Å². The van der Waals surface area contributed by atoms with E-state index in [4.69, 9.17) is 5.73 Å². The maximum atomic E-state index is 5.92. The van der Waals surface area contributed by atoms with Crippen LogP contribution in [0.15, 0.2) is 6.20 Å². The predicted octanol–water partition coefficient (Wildman–Crippen LogP) is 3.51. The Morgan fingerprint density at radius 3 is 1.81 bits per heavy atom. The van der Waals surface area contributed by atoms with Crippen molar-refractivity contribution in [3.8, 4) is 0 Å². The molecule has 0 saturated heterocycles. The first-order valence-electron chi connectivity index (χ1n) is 8.99. The number of hydrogen-bond donors (Lipinski definition) is 1. The molecule has 4 aromatic rings. The fraction of sp³-hybridized carbons (Fsp3) is 0.400. The zero-order chi connectivity index (χ0) is 20.0. The number of imidazole rings is 2. The van der Waals surface area contributed by atoms with Gasteiger partial charge in [0.15, 0.2) is 0 Å². The smallest absolute Gasteiger partial charge is 0.236 e. The van der Waals surface area contributed by atoms with Crippen LogP contribution in [0.25, 0.3) is 11.6 Å². The van der Waals surface area contributed by atoms with Crippen LogP contribution in [0.3, 0.4) is 0 Å². The van der Waals surface area contributed by atoms with Gasteiger partial charge in [-0.15, -0.1) is 0 Å². The summed E-state index contributed by atoms with van der Waals surface area (Å²) < 4.78 is 3.94. The number of nitrogens with zero attached hydrogens (tertiary/aromatic N) is 6. The van der Waals surface area contributed by atoms with E-state index in [-0.39, 0.29) is 0 Å². The van der Waals surface area contributed by atoms with Gasteiger partial charge in [-0.05, 0) is 66.5 Å². The minimum atomic E-state index is 0.688. The van der Waals surface area contributed by atoms with Crippen LogP contribution < -0.4 is 5.73 Å². The van der Waals surface area contributed by atoms with Crippen LogP contribution in [-0.2, 0) is 0 Å². The lowest BCUT2D eigenvalue weighted by atomic mass is 10.2. The highest BCUT2D eigenvalue weighted by Crippen LogP contribution is 2.19. The van der Waals surface area contributed by atoms with Crippen molar-refractivity contribution in [3.05, 3.63) is 51.5 Å². The summed E-state index contributed by atoms with van der Waals surface area (Å²) in [5, 5.41) is 0. The third kappa shape index (κ3) is 3.13. The lowest BCUT2D eigenvalue weighted by Gasteiger charge is -2.07. The first kappa shape index (κ1) is 18.8. The monoisotopic (exact) mass is 365 g/mol. The summed E-state index contributed by atoms with van der Waals surface area (Å²) in [6.45, 7) is 16.2. The van der Waals surface area contributed by atoms with Gasteiger partial charge >= 0.3 is 0 Å². The van der Waals surface area contributed by atoms with E-state index in [2.05, 4.69) is 33.8 Å². The Hall–Kier alpha value is -2.96. The number of nitrogens with two attached hydrogens (primary N) is 1. The summed E-state index contributed by atoms with van der Waals surface area (Å²) in [5.74, 6) is 2.19. The van der Waals surface area contributed by atoms with Gasteiger partial charge in [0, 0.05) is 29.0 Å². The standard InChI is InChI=1S/C10H14N4.C10H13N3/c1-5-6(2)12-10-13-7(3)9(11)14(10)8(5)4;1-6-5-13-9(4)7(2)8(3)12-10(13)11-6/h11H2,1-4H3;5H,1-4H3. The molecule has 0 saturated carbocycles. The van der Waals surface area contributed by atoms with Crippen LogP contribution in [0.5, 0.6) is 0 Å². The van der Waals surface area contributed by atoms with E-state index in [1.807, 2.05) is 56.5 Å². The lowest BCUT2D eigenvalue weighted by Crippen LogP contribution is -2.03. The highest BCUT2D eigenvalue weighted by molar-refractivity contribution is 5.51. The fourth-order valence-electron chi connectivity index (χ4n) is 3.08. The third-order valence-electron chi connectivity index (χ3n) is 5.29. The highest BCUT2D eigenvalue weighted by atomic mass is 15.2. The molecule has 0 aliphatic heterocycles. The number of aryl methyl sites for hydroxylation is 6. The van der Waals surface area contributed by atoms with Gasteiger partial charge in [-0.1, -0.05) is 0 Å². The fourth-order valence-corrected chi connectivity index (χ4v) is 3.08. The van der Waals surface area contributed by atoms with E-state index in [0.29, 0.717) is 11.6 Å². The quantitative estimate of drug-likeness (QED) is 0.515. The molecule has 0 atom stereocenters. The number of nitrogen functional groups attached to an aromatic ring is 1. The Balaban J connectivity index is 0.000000156. The maximum Gasteiger partial charge on any atom is 0.236 e. The predicted molar refractivity (Wildman–Crippen MR) is 108 cm³/mol. The molecule has 0 aromatic carbocycles. The van der Waals surface area contributed by atoms with Gasteiger partial charge < -0.3 is 5.73 Å². The second-order valence-corrected chi connectivity index (χ2v) is 7.09. The van der Waals surface area contributed by atoms with Crippen LogP contribution >= 0.6 is 0 Å². The van der Waals surface area contributed by atoms with E-state index in [0.717, 1.165) is 34.2 Å². The van der Waals surface area contributed by atoms with Gasteiger partial charge in [0.25, 0.3) is 0 Å². The molecular formula is C20H27N7. The average molecular weight is 365 g/mol. The summed E-state index contributed by atoms with van der Waals surface area (Å²) in [7, 11) is 0. The Morgan fingerprint density at radius 2 is 1.19 bits per heavy atom. The highest BCUT2D eigenvalue weighted by Gasteiger charge is 2.11. The number of hydrogen-bond acceptors (Lipinski definition) is 5. The van der Waals surface area contributed by atoms with Crippen molar-refractivity contribution in [3.63, 3.8) is 0 Å². The summed E-state index contributed by atoms with van der Waals surface area (Å²) in [6.07, 6.45) is 2.02. The van der Waals surface area contributed by atoms with Gasteiger partial charge in [-0.3, -0.25) is 8.80 Å². The third-order valence-corrected chi connectivity index (χ3v) is 5.29. The summed E-state index contributed by atoms with van der Waals surface area (Å²) in [4.78, 5) is 17.4. The van der Waals surface area contributed by atoms with Crippen LogP contribution in [0.2, 0.25) is 0 Å². The van der Waals surface area contributed by atoms with Gasteiger partial charge in [-0.2, -0.15) is 0 Å². The van der Waals surface area contributed by atoms with Crippen molar-refractivity contribution in [1.82, 2.24) is 28.7 Å². The molecule has 0 bridgehead atoms. The van der Waals surface area contributed by atoms with Crippen molar-refractivity contribution in [2.24, 2.45) is 0 Å². The van der Waals surface area contributed by atoms with Crippen molar-refractivity contribution in [2.75, 3.05) is 5.73 Å². The van der Waals surface area contributed by atoms with E-state index < -0.39 is 0 Å². The summed E-state index contributed by atoms with van der Waals surface area (Å²) >= 11 is 0. The number of anilines is 1. The van der Waals surface area contributed by atoms with Crippen molar-refractivity contribution >= 4 is 17.4 Å². The van der Waals surface area contributed by atoms with Crippen LogP contribution in [0.4, 0.5) is 5.82 Å². The molecule has 142 valence electrons. The molecular weight excluding hydrogens is 338 g/mol. The zero-order valence-electron chi connectivity index (χ0n) is 17.3. The topological polar surface area (TPSA) is 86.4 Å². The second kappa shape index (κ2) is 6.64.